The van der Waals surface area contributed by atoms with E-state index >= 15 is 0 Å². The minimum Gasteiger partial charge on any atom is -0.462 e. The first-order valence-corrected chi connectivity index (χ1v) is 28.0. The summed E-state index contributed by atoms with van der Waals surface area (Å²) in [6.45, 7) is 6.49. The Labute approximate surface area is 397 Å². The van der Waals surface area contributed by atoms with Crippen molar-refractivity contribution >= 4 is 17.9 Å². The first-order chi connectivity index (χ1) is 31.5. The summed E-state index contributed by atoms with van der Waals surface area (Å²) in [4.78, 5) is 37.6. The van der Waals surface area contributed by atoms with Crippen LogP contribution in [0.3, 0.4) is 0 Å². The number of hydrogen-bond donors (Lipinski definition) is 0. The van der Waals surface area contributed by atoms with Gasteiger partial charge in [-0.05, 0) is 70.6 Å². The van der Waals surface area contributed by atoms with Crippen LogP contribution in [0.25, 0.3) is 0 Å². The van der Waals surface area contributed by atoms with Gasteiger partial charge in [0, 0.05) is 19.3 Å². The molecular formula is C58H106O6. The molecule has 0 rings (SSSR count). The second kappa shape index (κ2) is 53.2. The largest absolute Gasteiger partial charge is 0.462 e. The highest BCUT2D eigenvalue weighted by molar-refractivity contribution is 5.71. The average Bonchev–Trinajstić information content (AvgIpc) is 3.29. The third-order valence-electron chi connectivity index (χ3n) is 12.3. The molecule has 0 amide bonds. The molecule has 0 aromatic carbocycles. The summed E-state index contributed by atoms with van der Waals surface area (Å²) in [5.74, 6) is -0.889. The number of ether oxygens (including phenoxy) is 3. The van der Waals surface area contributed by atoms with Gasteiger partial charge in [0.2, 0.25) is 0 Å². The number of unbranched alkanes of at least 4 members (excludes halogenated alkanes) is 34. The number of hydrogen-bond acceptors (Lipinski definition) is 6. The average molecular weight is 899 g/mol. The fourth-order valence-corrected chi connectivity index (χ4v) is 8.12. The van der Waals surface area contributed by atoms with Crippen LogP contribution < -0.4 is 0 Å². The molecule has 0 heterocycles. The monoisotopic (exact) mass is 899 g/mol. The normalized spacial score (nSPS) is 12.2. The molecule has 374 valence electrons. The lowest BCUT2D eigenvalue weighted by molar-refractivity contribution is -0.167. The third kappa shape index (κ3) is 50.6. The smallest absolute Gasteiger partial charge is 0.306 e. The number of rotatable bonds is 51. The summed E-state index contributed by atoms with van der Waals surface area (Å²) in [6, 6.07) is 0. The lowest BCUT2D eigenvalue weighted by atomic mass is 10.0. The zero-order chi connectivity index (χ0) is 46.5. The van der Waals surface area contributed by atoms with Crippen LogP contribution in [0, 0.1) is 0 Å². The topological polar surface area (TPSA) is 78.9 Å². The van der Waals surface area contributed by atoms with Crippen molar-refractivity contribution in [2.24, 2.45) is 0 Å². The molecule has 0 saturated carbocycles. The van der Waals surface area contributed by atoms with E-state index in [1.807, 2.05) is 0 Å². The molecule has 0 aromatic rings. The Morgan fingerprint density at radius 3 is 0.938 bits per heavy atom. The lowest BCUT2D eigenvalue weighted by Crippen LogP contribution is -2.30. The summed E-state index contributed by atoms with van der Waals surface area (Å²) in [6.07, 6.45) is 63.5. The van der Waals surface area contributed by atoms with Gasteiger partial charge in [-0.3, -0.25) is 14.4 Å². The molecule has 0 saturated heterocycles. The van der Waals surface area contributed by atoms with Crippen LogP contribution in [0.4, 0.5) is 0 Å². The van der Waals surface area contributed by atoms with E-state index in [4.69, 9.17) is 14.2 Å². The maximum atomic E-state index is 12.7. The van der Waals surface area contributed by atoms with Gasteiger partial charge in [-0.2, -0.15) is 0 Å². The van der Waals surface area contributed by atoms with E-state index in [1.54, 1.807) is 0 Å². The number of carbonyl (C=O) groups excluding carboxylic acids is 3. The van der Waals surface area contributed by atoms with Crippen LogP contribution in [0.1, 0.15) is 297 Å². The predicted molar refractivity (Wildman–Crippen MR) is 275 cm³/mol. The SMILES string of the molecule is CCC/C=C\CCCCCCCC(=O)OC(COC(=O)CCCCCCC)COC(=O)CCCCCCCCCCCCCCCCCCCCC/C=C\C/C=C\CCCCCCC. The third-order valence-corrected chi connectivity index (χ3v) is 12.3. The first-order valence-electron chi connectivity index (χ1n) is 28.0. The van der Waals surface area contributed by atoms with E-state index in [-0.39, 0.29) is 31.1 Å². The summed E-state index contributed by atoms with van der Waals surface area (Å²) in [5.41, 5.74) is 0. The van der Waals surface area contributed by atoms with Crippen LogP contribution in [0.5, 0.6) is 0 Å². The molecule has 0 aliphatic heterocycles. The Morgan fingerprint density at radius 2 is 0.594 bits per heavy atom. The van der Waals surface area contributed by atoms with Gasteiger partial charge in [0.15, 0.2) is 6.10 Å². The maximum Gasteiger partial charge on any atom is 0.306 e. The van der Waals surface area contributed by atoms with Crippen molar-refractivity contribution in [2.75, 3.05) is 13.2 Å². The zero-order valence-electron chi connectivity index (χ0n) is 42.8. The van der Waals surface area contributed by atoms with Gasteiger partial charge in [0.1, 0.15) is 13.2 Å². The molecule has 64 heavy (non-hydrogen) atoms. The molecule has 1 unspecified atom stereocenters. The van der Waals surface area contributed by atoms with Crippen molar-refractivity contribution in [3.8, 4) is 0 Å². The number of allylic oxidation sites excluding steroid dienone is 6. The molecule has 0 bridgehead atoms. The lowest BCUT2D eigenvalue weighted by Gasteiger charge is -2.18. The van der Waals surface area contributed by atoms with Gasteiger partial charge >= 0.3 is 17.9 Å². The highest BCUT2D eigenvalue weighted by atomic mass is 16.6. The van der Waals surface area contributed by atoms with Gasteiger partial charge in [-0.1, -0.05) is 243 Å². The molecular weight excluding hydrogens is 793 g/mol. The molecule has 0 radical (unpaired) electrons. The van der Waals surface area contributed by atoms with Crippen molar-refractivity contribution in [3.05, 3.63) is 36.5 Å². The highest BCUT2D eigenvalue weighted by Gasteiger charge is 2.19. The summed E-state index contributed by atoms with van der Waals surface area (Å²) in [7, 11) is 0. The quantitative estimate of drug-likeness (QED) is 0.0262. The Bertz CT molecular complexity index is 1080. The number of esters is 3. The zero-order valence-corrected chi connectivity index (χ0v) is 42.8. The Balaban J connectivity index is 3.86. The molecule has 0 fully saturated rings. The van der Waals surface area contributed by atoms with E-state index in [1.165, 1.54) is 167 Å². The molecule has 0 spiro atoms. The van der Waals surface area contributed by atoms with E-state index in [9.17, 15) is 14.4 Å². The van der Waals surface area contributed by atoms with Crippen molar-refractivity contribution < 1.29 is 28.6 Å². The molecule has 0 aromatic heterocycles. The highest BCUT2D eigenvalue weighted by Crippen LogP contribution is 2.16. The minimum atomic E-state index is -0.768. The number of carbonyl (C=O) groups is 3. The fraction of sp³-hybridized carbons (Fsp3) is 0.845. The van der Waals surface area contributed by atoms with Gasteiger partial charge < -0.3 is 14.2 Å². The predicted octanol–water partition coefficient (Wildman–Crippen LogP) is 18.5. The molecule has 0 aliphatic rings. The summed E-state index contributed by atoms with van der Waals surface area (Å²) < 4.78 is 16.6. The maximum absolute atomic E-state index is 12.7. The van der Waals surface area contributed by atoms with E-state index in [0.717, 1.165) is 89.9 Å². The van der Waals surface area contributed by atoms with Gasteiger partial charge in [0.05, 0.1) is 0 Å². The van der Waals surface area contributed by atoms with Crippen LogP contribution in [-0.4, -0.2) is 37.2 Å². The van der Waals surface area contributed by atoms with Gasteiger partial charge in [-0.25, -0.2) is 0 Å². The van der Waals surface area contributed by atoms with E-state index in [0.29, 0.717) is 19.3 Å². The van der Waals surface area contributed by atoms with E-state index < -0.39 is 6.10 Å². The Morgan fingerprint density at radius 1 is 0.312 bits per heavy atom. The molecule has 6 nitrogen and oxygen atoms in total. The van der Waals surface area contributed by atoms with Crippen LogP contribution in [0.15, 0.2) is 36.5 Å². The molecule has 1 atom stereocenters. The summed E-state index contributed by atoms with van der Waals surface area (Å²) in [5, 5.41) is 0. The van der Waals surface area contributed by atoms with Crippen molar-refractivity contribution in [3.63, 3.8) is 0 Å². The van der Waals surface area contributed by atoms with Crippen molar-refractivity contribution in [1.29, 1.82) is 0 Å². The Hall–Kier alpha value is -2.37. The molecule has 6 heteroatoms. The van der Waals surface area contributed by atoms with Crippen LogP contribution in [-0.2, 0) is 28.6 Å². The van der Waals surface area contributed by atoms with Gasteiger partial charge in [-0.15, -0.1) is 0 Å². The van der Waals surface area contributed by atoms with Crippen molar-refractivity contribution in [2.45, 2.75) is 303 Å². The minimum absolute atomic E-state index is 0.0727. The fourth-order valence-electron chi connectivity index (χ4n) is 8.12. The van der Waals surface area contributed by atoms with Gasteiger partial charge in [0.25, 0.3) is 0 Å². The first kappa shape index (κ1) is 61.6. The van der Waals surface area contributed by atoms with Crippen molar-refractivity contribution in [1.82, 2.24) is 0 Å². The van der Waals surface area contributed by atoms with E-state index in [2.05, 4.69) is 57.2 Å². The second-order valence-corrected chi connectivity index (χ2v) is 18.8. The molecule has 0 N–H and O–H groups in total. The Kier molecular flexibility index (Phi) is 51.3. The standard InChI is InChI=1S/C58H106O6/c1-4-7-10-13-15-17-19-20-21-22-23-24-25-26-27-28-29-30-31-32-33-34-35-36-37-38-39-41-42-45-48-51-57(60)63-54-55(53-62-56(59)50-47-44-12-9-6-3)64-58(61)52-49-46-43-40-18-16-14-11-8-5-2/h11,14,19-20,22-23,55H,4-10,12-13,15-18,21,24-54H2,1-3H3/b14-11-,20-19-,23-22-. The molecule has 0 aliphatic carbocycles. The van der Waals surface area contributed by atoms with Crippen LogP contribution >= 0.6 is 0 Å². The van der Waals surface area contributed by atoms with Crippen LogP contribution in [0.2, 0.25) is 0 Å². The summed E-state index contributed by atoms with van der Waals surface area (Å²) >= 11 is 0. The second-order valence-electron chi connectivity index (χ2n) is 18.8.